The van der Waals surface area contributed by atoms with E-state index in [2.05, 4.69) is 180 Å². The smallest absolute Gasteiger partial charge is 0.136 e. The summed E-state index contributed by atoms with van der Waals surface area (Å²) in [5, 5.41) is 7.04. The molecule has 2 heterocycles. The van der Waals surface area contributed by atoms with E-state index in [0.29, 0.717) is 0 Å². The van der Waals surface area contributed by atoms with Crippen LogP contribution in [0.1, 0.15) is 0 Å². The second kappa shape index (κ2) is 11.0. The largest absolute Gasteiger partial charge is 0.456 e. The highest BCUT2D eigenvalue weighted by molar-refractivity contribution is 6.19. The van der Waals surface area contributed by atoms with Crippen molar-refractivity contribution in [3.05, 3.63) is 176 Å². The highest BCUT2D eigenvalue weighted by Gasteiger charge is 2.21. The highest BCUT2D eigenvalue weighted by Crippen LogP contribution is 2.45. The second-order valence-electron chi connectivity index (χ2n) is 12.6. The number of anilines is 3. The van der Waals surface area contributed by atoms with Gasteiger partial charge in [-0.05, 0) is 82.1 Å². The molecule has 0 amide bonds. The molecule has 0 aliphatic heterocycles. The first-order valence-electron chi connectivity index (χ1n) is 16.7. The van der Waals surface area contributed by atoms with Crippen LogP contribution in [-0.4, -0.2) is 4.98 Å². The molecule has 8 aromatic carbocycles. The lowest BCUT2D eigenvalue weighted by Crippen LogP contribution is -2.10. The third-order valence-electron chi connectivity index (χ3n) is 9.77. The number of aromatic amines is 1. The third-order valence-corrected chi connectivity index (χ3v) is 9.77. The van der Waals surface area contributed by atoms with E-state index in [1.54, 1.807) is 0 Å². The number of benzene rings is 8. The Hall–Kier alpha value is -6.58. The van der Waals surface area contributed by atoms with E-state index < -0.39 is 0 Å². The van der Waals surface area contributed by atoms with Gasteiger partial charge in [0.05, 0.1) is 5.52 Å². The molecule has 49 heavy (non-hydrogen) atoms. The maximum absolute atomic E-state index is 6.37. The van der Waals surface area contributed by atoms with E-state index in [1.807, 2.05) is 6.07 Å². The Kier molecular flexibility index (Phi) is 6.18. The van der Waals surface area contributed by atoms with E-state index in [9.17, 15) is 0 Å². The Balaban J connectivity index is 1.26. The Morgan fingerprint density at radius 3 is 1.98 bits per heavy atom. The van der Waals surface area contributed by atoms with Crippen LogP contribution in [0.5, 0.6) is 0 Å². The van der Waals surface area contributed by atoms with Crippen LogP contribution in [0, 0.1) is 0 Å². The molecule has 0 saturated carbocycles. The van der Waals surface area contributed by atoms with Gasteiger partial charge in [-0.3, -0.25) is 0 Å². The molecule has 3 heteroatoms. The summed E-state index contributed by atoms with van der Waals surface area (Å²) in [7, 11) is 0. The van der Waals surface area contributed by atoms with Gasteiger partial charge in [0.1, 0.15) is 11.2 Å². The summed E-state index contributed by atoms with van der Waals surface area (Å²) >= 11 is 0. The minimum atomic E-state index is 0.885. The van der Waals surface area contributed by atoms with Crippen LogP contribution < -0.4 is 4.90 Å². The molecule has 0 radical (unpaired) electrons. The molecule has 1 N–H and O–H groups in total. The highest BCUT2D eigenvalue weighted by atomic mass is 16.3. The third kappa shape index (κ3) is 4.51. The number of hydrogen-bond acceptors (Lipinski definition) is 2. The number of H-pyrrole nitrogens is 1. The molecule has 0 fully saturated rings. The van der Waals surface area contributed by atoms with Crippen molar-refractivity contribution in [2.24, 2.45) is 0 Å². The molecule has 3 nitrogen and oxygen atoms in total. The van der Waals surface area contributed by atoms with Gasteiger partial charge in [-0.1, -0.05) is 121 Å². The average Bonchev–Trinajstić information content (AvgIpc) is 3.74. The van der Waals surface area contributed by atoms with Crippen LogP contribution in [0.25, 0.3) is 76.8 Å². The van der Waals surface area contributed by atoms with Crippen molar-refractivity contribution >= 4 is 71.6 Å². The molecule has 0 atom stereocenters. The van der Waals surface area contributed by atoms with Gasteiger partial charge in [0, 0.05) is 49.7 Å². The number of fused-ring (bicyclic) bond motifs is 7. The number of rotatable bonds is 5. The number of para-hydroxylation sites is 2. The SMILES string of the molecule is c1ccc(-c2ccc(N(c3ccc4ccccc4c3)c3cc(-c4cccc5oc6ccccc6c45)c4[nH]c5ccccc5c4c3)cc2)cc1. The average molecular weight is 627 g/mol. The first kappa shape index (κ1) is 27.5. The molecule has 10 aromatic rings. The monoisotopic (exact) mass is 626 g/mol. The molecular formula is C46H30N2O. The summed E-state index contributed by atoms with van der Waals surface area (Å²) in [6.45, 7) is 0. The van der Waals surface area contributed by atoms with Crippen LogP contribution in [0.15, 0.2) is 180 Å². The van der Waals surface area contributed by atoms with Crippen LogP contribution in [-0.2, 0) is 0 Å². The van der Waals surface area contributed by atoms with E-state index in [1.165, 1.54) is 32.7 Å². The zero-order chi connectivity index (χ0) is 32.3. The van der Waals surface area contributed by atoms with E-state index >= 15 is 0 Å². The van der Waals surface area contributed by atoms with E-state index in [-0.39, 0.29) is 0 Å². The minimum Gasteiger partial charge on any atom is -0.456 e. The van der Waals surface area contributed by atoms with E-state index in [4.69, 9.17) is 4.42 Å². The van der Waals surface area contributed by atoms with Crippen LogP contribution in [0.2, 0.25) is 0 Å². The molecule has 0 saturated heterocycles. The van der Waals surface area contributed by atoms with Crippen molar-refractivity contribution in [3.63, 3.8) is 0 Å². The summed E-state index contributed by atoms with van der Waals surface area (Å²) in [6.07, 6.45) is 0. The van der Waals surface area contributed by atoms with Crippen LogP contribution in [0.3, 0.4) is 0 Å². The predicted octanol–water partition coefficient (Wildman–Crippen LogP) is 13.2. The zero-order valence-electron chi connectivity index (χ0n) is 26.6. The lowest BCUT2D eigenvalue weighted by atomic mass is 9.96. The number of aromatic nitrogens is 1. The van der Waals surface area contributed by atoms with E-state index in [0.717, 1.165) is 61.2 Å². The van der Waals surface area contributed by atoms with Crippen molar-refractivity contribution in [1.82, 2.24) is 4.98 Å². The van der Waals surface area contributed by atoms with Crippen molar-refractivity contribution < 1.29 is 4.42 Å². The molecule has 0 aliphatic rings. The Bertz CT molecular complexity index is 2830. The zero-order valence-corrected chi connectivity index (χ0v) is 26.6. The molecule has 0 unspecified atom stereocenters. The van der Waals surface area contributed by atoms with Gasteiger partial charge in [0.25, 0.3) is 0 Å². The topological polar surface area (TPSA) is 32.2 Å². The Morgan fingerprint density at radius 2 is 1.10 bits per heavy atom. The van der Waals surface area contributed by atoms with Gasteiger partial charge < -0.3 is 14.3 Å². The molecule has 0 bridgehead atoms. The summed E-state index contributed by atoms with van der Waals surface area (Å²) in [5.41, 5.74) is 11.9. The van der Waals surface area contributed by atoms with Crippen molar-refractivity contribution in [1.29, 1.82) is 0 Å². The van der Waals surface area contributed by atoms with Gasteiger partial charge >= 0.3 is 0 Å². The molecule has 0 spiro atoms. The summed E-state index contributed by atoms with van der Waals surface area (Å²) < 4.78 is 6.37. The minimum absolute atomic E-state index is 0.885. The first-order chi connectivity index (χ1) is 24.3. The lowest BCUT2D eigenvalue weighted by Gasteiger charge is -2.27. The molecule has 230 valence electrons. The maximum atomic E-state index is 6.37. The van der Waals surface area contributed by atoms with Gasteiger partial charge in [0.2, 0.25) is 0 Å². The van der Waals surface area contributed by atoms with Crippen molar-refractivity contribution in [3.8, 4) is 22.3 Å². The molecule has 0 aliphatic carbocycles. The first-order valence-corrected chi connectivity index (χ1v) is 16.7. The van der Waals surface area contributed by atoms with Crippen LogP contribution >= 0.6 is 0 Å². The van der Waals surface area contributed by atoms with Gasteiger partial charge in [-0.15, -0.1) is 0 Å². The standard InChI is InChI=1S/C46H30N2O/c1-2-11-30(12-3-1)32-21-24-34(25-22-32)48(35-26-23-31-13-4-5-14-33(31)27-35)36-28-40-37-15-6-8-18-42(37)47-46(40)41(29-36)38-17-10-20-44-45(38)39-16-7-9-19-43(39)49-44/h1-29,47H. The fraction of sp³-hybridized carbons (Fsp3) is 0. The number of hydrogen-bond donors (Lipinski definition) is 1. The normalized spacial score (nSPS) is 11.7. The number of nitrogens with zero attached hydrogens (tertiary/aromatic N) is 1. The number of nitrogens with one attached hydrogen (secondary N) is 1. The number of furan rings is 1. The van der Waals surface area contributed by atoms with Gasteiger partial charge in [-0.2, -0.15) is 0 Å². The Morgan fingerprint density at radius 1 is 0.408 bits per heavy atom. The van der Waals surface area contributed by atoms with Gasteiger partial charge in [0.15, 0.2) is 0 Å². The quantitative estimate of drug-likeness (QED) is 0.206. The fourth-order valence-corrected chi connectivity index (χ4v) is 7.47. The van der Waals surface area contributed by atoms with Crippen LogP contribution in [0.4, 0.5) is 17.1 Å². The molecular weight excluding hydrogens is 597 g/mol. The summed E-state index contributed by atoms with van der Waals surface area (Å²) in [6, 6.07) is 62.8. The summed E-state index contributed by atoms with van der Waals surface area (Å²) in [5.74, 6) is 0. The lowest BCUT2D eigenvalue weighted by molar-refractivity contribution is 0.669. The maximum Gasteiger partial charge on any atom is 0.136 e. The second-order valence-corrected chi connectivity index (χ2v) is 12.6. The summed E-state index contributed by atoms with van der Waals surface area (Å²) in [4.78, 5) is 6.18. The fourth-order valence-electron chi connectivity index (χ4n) is 7.47. The van der Waals surface area contributed by atoms with Gasteiger partial charge in [-0.25, -0.2) is 0 Å². The predicted molar refractivity (Wildman–Crippen MR) is 206 cm³/mol. The van der Waals surface area contributed by atoms with Crippen molar-refractivity contribution in [2.45, 2.75) is 0 Å². The molecule has 2 aromatic heterocycles. The molecule has 10 rings (SSSR count). The van der Waals surface area contributed by atoms with Crippen molar-refractivity contribution in [2.75, 3.05) is 4.90 Å². The Labute approximate surface area is 283 Å².